The van der Waals surface area contributed by atoms with Gasteiger partial charge in [-0.2, -0.15) is 0 Å². The molecule has 0 atom stereocenters. The van der Waals surface area contributed by atoms with Gasteiger partial charge < -0.3 is 10.0 Å². The molecule has 3 nitrogen and oxygen atoms in total. The van der Waals surface area contributed by atoms with Crippen LogP contribution in [0.1, 0.15) is 36.5 Å². The quantitative estimate of drug-likeness (QED) is 0.861. The average molecular weight is 269 g/mol. The maximum atomic E-state index is 14.0. The summed E-state index contributed by atoms with van der Waals surface area (Å²) in [6, 6.07) is 1.77. The molecule has 1 saturated carbocycles. The number of nitrogens with zero attached hydrogens (tertiary/aromatic N) is 1. The van der Waals surface area contributed by atoms with Crippen molar-refractivity contribution in [2.24, 2.45) is 5.92 Å². The van der Waals surface area contributed by atoms with E-state index in [-0.39, 0.29) is 11.3 Å². The first-order valence-corrected chi connectivity index (χ1v) is 6.50. The maximum Gasteiger partial charge on any atom is 0.335 e. The predicted octanol–water partition coefficient (Wildman–Crippen LogP) is 3.29. The summed E-state index contributed by atoms with van der Waals surface area (Å²) in [4.78, 5) is 12.4. The lowest BCUT2D eigenvalue weighted by Gasteiger charge is -2.25. The van der Waals surface area contributed by atoms with Crippen molar-refractivity contribution in [2.45, 2.75) is 26.2 Å². The van der Waals surface area contributed by atoms with Gasteiger partial charge in [-0.3, -0.25) is 0 Å². The van der Waals surface area contributed by atoms with E-state index in [1.807, 2.05) is 6.92 Å². The molecule has 0 saturated heterocycles. The number of carbonyl (C=O) groups is 1. The second-order valence-corrected chi connectivity index (χ2v) is 4.98. The van der Waals surface area contributed by atoms with Gasteiger partial charge >= 0.3 is 5.97 Å². The van der Waals surface area contributed by atoms with Crippen molar-refractivity contribution >= 4 is 11.7 Å². The Hall–Kier alpha value is -1.65. The second kappa shape index (κ2) is 5.55. The average Bonchev–Trinajstić information content (AvgIpc) is 3.12. The molecule has 1 aromatic carbocycles. The van der Waals surface area contributed by atoms with Gasteiger partial charge in [-0.15, -0.1) is 0 Å². The van der Waals surface area contributed by atoms with Crippen LogP contribution in [0, 0.1) is 17.6 Å². The van der Waals surface area contributed by atoms with Crippen LogP contribution >= 0.6 is 0 Å². The van der Waals surface area contributed by atoms with Crippen molar-refractivity contribution in [1.82, 2.24) is 0 Å². The van der Waals surface area contributed by atoms with Gasteiger partial charge in [-0.25, -0.2) is 13.6 Å². The second-order valence-electron chi connectivity index (χ2n) is 4.98. The molecular weight excluding hydrogens is 252 g/mol. The summed E-state index contributed by atoms with van der Waals surface area (Å²) in [5.41, 5.74) is -0.458. The minimum atomic E-state index is -1.33. The molecule has 0 aromatic heterocycles. The summed E-state index contributed by atoms with van der Waals surface area (Å²) >= 11 is 0. The Labute approximate surface area is 110 Å². The number of hydrogen-bond acceptors (Lipinski definition) is 2. The highest BCUT2D eigenvalue weighted by atomic mass is 19.1. The van der Waals surface area contributed by atoms with E-state index < -0.39 is 17.6 Å². The molecule has 0 unspecified atom stereocenters. The highest BCUT2D eigenvalue weighted by Crippen LogP contribution is 2.33. The summed E-state index contributed by atoms with van der Waals surface area (Å²) in [5, 5.41) is 8.78. The van der Waals surface area contributed by atoms with Crippen molar-refractivity contribution in [3.63, 3.8) is 0 Å². The number of benzene rings is 1. The standard InChI is InChI=1S/C14H17F2NO2/c1-2-5-17(8-9-3-4-9)13-11(15)6-10(14(18)19)7-12(13)16/h6-7,9H,2-5,8H2,1H3,(H,18,19). The van der Waals surface area contributed by atoms with Gasteiger partial charge in [-0.1, -0.05) is 6.92 Å². The van der Waals surface area contributed by atoms with Crippen LogP contribution < -0.4 is 4.90 Å². The van der Waals surface area contributed by atoms with Crippen molar-refractivity contribution in [1.29, 1.82) is 0 Å². The molecule has 1 aromatic rings. The van der Waals surface area contributed by atoms with Crippen LogP contribution in [-0.4, -0.2) is 24.2 Å². The molecule has 2 rings (SSSR count). The first-order valence-electron chi connectivity index (χ1n) is 6.50. The molecule has 0 spiro atoms. The third-order valence-corrected chi connectivity index (χ3v) is 3.25. The minimum absolute atomic E-state index is 0.0984. The van der Waals surface area contributed by atoms with Gasteiger partial charge in [0.05, 0.1) is 5.56 Å². The Balaban J connectivity index is 2.32. The Kier molecular flexibility index (Phi) is 4.02. The number of carboxylic acid groups (broad SMARTS) is 1. The van der Waals surface area contributed by atoms with Gasteiger partial charge in [-0.05, 0) is 37.3 Å². The van der Waals surface area contributed by atoms with Crippen molar-refractivity contribution in [3.8, 4) is 0 Å². The molecule has 5 heteroatoms. The molecule has 1 N–H and O–H groups in total. The van der Waals surface area contributed by atoms with Crippen LogP contribution in [0.4, 0.5) is 14.5 Å². The predicted molar refractivity (Wildman–Crippen MR) is 68.5 cm³/mol. The van der Waals surface area contributed by atoms with Crippen molar-refractivity contribution < 1.29 is 18.7 Å². The zero-order valence-electron chi connectivity index (χ0n) is 10.8. The van der Waals surface area contributed by atoms with E-state index in [1.165, 1.54) is 0 Å². The van der Waals surface area contributed by atoms with Crippen molar-refractivity contribution in [3.05, 3.63) is 29.3 Å². The lowest BCUT2D eigenvalue weighted by atomic mass is 10.1. The van der Waals surface area contributed by atoms with Gasteiger partial charge in [0, 0.05) is 13.1 Å². The molecular formula is C14H17F2NO2. The molecule has 0 amide bonds. The van der Waals surface area contributed by atoms with Gasteiger partial charge in [0.2, 0.25) is 0 Å². The fourth-order valence-electron chi connectivity index (χ4n) is 2.17. The van der Waals surface area contributed by atoms with Crippen molar-refractivity contribution in [2.75, 3.05) is 18.0 Å². The Morgan fingerprint density at radius 2 is 1.95 bits per heavy atom. The lowest BCUT2D eigenvalue weighted by Crippen LogP contribution is -2.28. The molecule has 0 radical (unpaired) electrons. The molecule has 19 heavy (non-hydrogen) atoms. The van der Waals surface area contributed by atoms with Gasteiger partial charge in [0.1, 0.15) is 17.3 Å². The largest absolute Gasteiger partial charge is 0.478 e. The van der Waals surface area contributed by atoms with Gasteiger partial charge in [0.15, 0.2) is 0 Å². The summed E-state index contributed by atoms with van der Waals surface area (Å²) in [5.74, 6) is -2.42. The first kappa shape index (κ1) is 13.8. The monoisotopic (exact) mass is 269 g/mol. The van der Waals surface area contributed by atoms with E-state index in [4.69, 9.17) is 5.11 Å². The van der Waals surface area contributed by atoms with E-state index in [2.05, 4.69) is 0 Å². The lowest BCUT2D eigenvalue weighted by molar-refractivity contribution is 0.0695. The highest BCUT2D eigenvalue weighted by molar-refractivity contribution is 5.88. The van der Waals surface area contributed by atoms with E-state index in [9.17, 15) is 13.6 Å². The molecule has 1 aliphatic rings. The zero-order valence-corrected chi connectivity index (χ0v) is 10.8. The molecule has 1 aliphatic carbocycles. The highest BCUT2D eigenvalue weighted by Gasteiger charge is 2.27. The molecule has 0 aliphatic heterocycles. The summed E-state index contributed by atoms with van der Waals surface area (Å²) < 4.78 is 27.9. The van der Waals surface area contributed by atoms with Crippen LogP contribution in [-0.2, 0) is 0 Å². The van der Waals surface area contributed by atoms with Crippen LogP contribution in [0.3, 0.4) is 0 Å². The molecule has 1 fully saturated rings. The third-order valence-electron chi connectivity index (χ3n) is 3.25. The Morgan fingerprint density at radius 1 is 1.37 bits per heavy atom. The van der Waals surface area contributed by atoms with E-state index in [0.717, 1.165) is 31.4 Å². The van der Waals surface area contributed by atoms with Crippen LogP contribution in [0.5, 0.6) is 0 Å². The van der Waals surface area contributed by atoms with Gasteiger partial charge in [0.25, 0.3) is 0 Å². The first-order chi connectivity index (χ1) is 9.02. The van der Waals surface area contributed by atoms with E-state index in [1.54, 1.807) is 4.90 Å². The molecule has 0 heterocycles. The molecule has 0 bridgehead atoms. The van der Waals surface area contributed by atoms with Crippen LogP contribution in [0.2, 0.25) is 0 Å². The number of rotatable bonds is 6. The summed E-state index contributed by atoms with van der Waals surface area (Å²) in [7, 11) is 0. The van der Waals surface area contributed by atoms with Crippen LogP contribution in [0.25, 0.3) is 0 Å². The summed E-state index contributed by atoms with van der Waals surface area (Å²) in [6.07, 6.45) is 2.97. The minimum Gasteiger partial charge on any atom is -0.478 e. The van der Waals surface area contributed by atoms with E-state index in [0.29, 0.717) is 19.0 Å². The Bertz CT molecular complexity index is 463. The number of hydrogen-bond donors (Lipinski definition) is 1. The topological polar surface area (TPSA) is 40.5 Å². The third kappa shape index (κ3) is 3.22. The molecule has 104 valence electrons. The smallest absolute Gasteiger partial charge is 0.335 e. The Morgan fingerprint density at radius 3 is 2.37 bits per heavy atom. The maximum absolute atomic E-state index is 14.0. The normalized spacial score (nSPS) is 14.5. The number of carboxylic acids is 1. The SMILES string of the molecule is CCCN(CC1CC1)c1c(F)cc(C(=O)O)cc1F. The summed E-state index contributed by atoms with van der Waals surface area (Å²) in [6.45, 7) is 3.15. The number of aromatic carboxylic acids is 1. The van der Waals surface area contributed by atoms with E-state index >= 15 is 0 Å². The fourth-order valence-corrected chi connectivity index (χ4v) is 2.17. The van der Waals surface area contributed by atoms with Crippen LogP contribution in [0.15, 0.2) is 12.1 Å². The number of halogens is 2. The number of anilines is 1. The fraction of sp³-hybridized carbons (Fsp3) is 0.500. The zero-order chi connectivity index (χ0) is 14.0.